The Morgan fingerprint density at radius 3 is 2.78 bits per heavy atom. The van der Waals surface area contributed by atoms with Crippen molar-refractivity contribution in [2.24, 2.45) is 0 Å². The molecule has 8 nitrogen and oxygen atoms in total. The molecule has 27 heavy (non-hydrogen) atoms. The van der Waals surface area contributed by atoms with E-state index < -0.39 is 6.09 Å². The Labute approximate surface area is 159 Å². The lowest BCUT2D eigenvalue weighted by molar-refractivity contribution is 0.0672. The van der Waals surface area contributed by atoms with Gasteiger partial charge < -0.3 is 19.6 Å². The molecule has 0 saturated carbocycles. The minimum Gasteiger partial charge on any atom is -0.465 e. The van der Waals surface area contributed by atoms with Crippen molar-refractivity contribution in [3.63, 3.8) is 0 Å². The number of nitriles is 1. The maximum atomic E-state index is 11.1. The Balaban J connectivity index is 1.29. The van der Waals surface area contributed by atoms with Crippen molar-refractivity contribution in [3.8, 4) is 6.07 Å². The van der Waals surface area contributed by atoms with Gasteiger partial charge >= 0.3 is 6.09 Å². The van der Waals surface area contributed by atoms with Gasteiger partial charge in [-0.25, -0.2) is 9.78 Å². The van der Waals surface area contributed by atoms with Crippen LogP contribution in [0.2, 0.25) is 0 Å². The van der Waals surface area contributed by atoms with Crippen LogP contribution >= 0.6 is 0 Å². The maximum absolute atomic E-state index is 11.1. The smallest absolute Gasteiger partial charge is 0.407 e. The van der Waals surface area contributed by atoms with Crippen molar-refractivity contribution < 1.29 is 14.6 Å². The van der Waals surface area contributed by atoms with Crippen LogP contribution in [-0.2, 0) is 4.74 Å². The summed E-state index contributed by atoms with van der Waals surface area (Å²) in [6, 6.07) is 5.83. The SMILES string of the molecule is N#Cc1ccc(N2CCN(CCCOCC3CCCN3C(=O)O)CC2)nc1. The number of anilines is 1. The fourth-order valence-corrected chi connectivity index (χ4v) is 3.71. The summed E-state index contributed by atoms with van der Waals surface area (Å²) in [6.45, 7) is 6.61. The first-order chi connectivity index (χ1) is 13.2. The first-order valence-corrected chi connectivity index (χ1v) is 9.58. The van der Waals surface area contributed by atoms with Gasteiger partial charge in [0.05, 0.1) is 18.2 Å². The summed E-state index contributed by atoms with van der Waals surface area (Å²) in [4.78, 5) is 21.6. The normalized spacial score (nSPS) is 20.6. The number of ether oxygens (including phenoxy) is 1. The van der Waals surface area contributed by atoms with Crippen LogP contribution in [0.25, 0.3) is 0 Å². The van der Waals surface area contributed by atoms with Gasteiger partial charge in [0.1, 0.15) is 11.9 Å². The highest BCUT2D eigenvalue weighted by Gasteiger charge is 2.28. The second kappa shape index (κ2) is 9.53. The van der Waals surface area contributed by atoms with Crippen LogP contribution in [0.4, 0.5) is 10.6 Å². The molecule has 1 aromatic heterocycles. The number of hydrogen-bond donors (Lipinski definition) is 1. The molecule has 146 valence electrons. The summed E-state index contributed by atoms with van der Waals surface area (Å²) in [6.07, 6.45) is 3.57. The summed E-state index contributed by atoms with van der Waals surface area (Å²) in [5.74, 6) is 0.927. The van der Waals surface area contributed by atoms with E-state index in [1.807, 2.05) is 12.1 Å². The largest absolute Gasteiger partial charge is 0.465 e. The number of aromatic nitrogens is 1. The van der Waals surface area contributed by atoms with Gasteiger partial charge in [-0.05, 0) is 31.4 Å². The fourth-order valence-electron chi connectivity index (χ4n) is 3.71. The van der Waals surface area contributed by atoms with Gasteiger partial charge in [-0.1, -0.05) is 0 Å². The van der Waals surface area contributed by atoms with Crippen LogP contribution in [0, 0.1) is 11.3 Å². The van der Waals surface area contributed by atoms with E-state index in [0.29, 0.717) is 25.3 Å². The average Bonchev–Trinajstić information content (AvgIpc) is 3.17. The van der Waals surface area contributed by atoms with Crippen molar-refractivity contribution in [2.45, 2.75) is 25.3 Å². The maximum Gasteiger partial charge on any atom is 0.407 e. The third-order valence-corrected chi connectivity index (χ3v) is 5.27. The van der Waals surface area contributed by atoms with Crippen molar-refractivity contribution in [2.75, 3.05) is 57.4 Å². The molecule has 1 atom stereocenters. The highest BCUT2D eigenvalue weighted by molar-refractivity contribution is 5.65. The summed E-state index contributed by atoms with van der Waals surface area (Å²) in [5.41, 5.74) is 0.585. The third-order valence-electron chi connectivity index (χ3n) is 5.27. The predicted molar refractivity (Wildman–Crippen MR) is 101 cm³/mol. The standard InChI is InChI=1S/C19H27N5O3/c20-13-16-4-5-18(21-14-16)23-10-8-22(9-11-23)6-2-12-27-15-17-3-1-7-24(17)19(25)26/h4-5,14,17H,1-3,6-12,15H2,(H,25,26). The molecule has 3 rings (SSSR count). The monoisotopic (exact) mass is 373 g/mol. The van der Waals surface area contributed by atoms with Gasteiger partial charge in [0.2, 0.25) is 0 Å². The van der Waals surface area contributed by atoms with Gasteiger partial charge in [-0.3, -0.25) is 4.90 Å². The van der Waals surface area contributed by atoms with Gasteiger partial charge in [0, 0.05) is 52.1 Å². The summed E-state index contributed by atoms with van der Waals surface area (Å²) in [5, 5.41) is 18.0. The fraction of sp³-hybridized carbons (Fsp3) is 0.632. The quantitative estimate of drug-likeness (QED) is 0.726. The van der Waals surface area contributed by atoms with E-state index in [9.17, 15) is 4.79 Å². The van der Waals surface area contributed by atoms with Crippen molar-refractivity contribution in [3.05, 3.63) is 23.9 Å². The zero-order valence-electron chi connectivity index (χ0n) is 15.6. The van der Waals surface area contributed by atoms with Crippen LogP contribution in [0.3, 0.4) is 0 Å². The molecule has 0 radical (unpaired) electrons. The molecule has 1 amide bonds. The lowest BCUT2D eigenvalue weighted by Gasteiger charge is -2.35. The Morgan fingerprint density at radius 1 is 1.30 bits per heavy atom. The number of carbonyl (C=O) groups is 1. The zero-order valence-corrected chi connectivity index (χ0v) is 15.6. The highest BCUT2D eigenvalue weighted by Crippen LogP contribution is 2.17. The van der Waals surface area contributed by atoms with Gasteiger partial charge in [0.25, 0.3) is 0 Å². The Kier molecular flexibility index (Phi) is 6.85. The van der Waals surface area contributed by atoms with E-state index in [0.717, 1.165) is 57.8 Å². The number of pyridine rings is 1. The van der Waals surface area contributed by atoms with E-state index in [4.69, 9.17) is 15.1 Å². The van der Waals surface area contributed by atoms with Crippen LogP contribution in [0.5, 0.6) is 0 Å². The van der Waals surface area contributed by atoms with Gasteiger partial charge in [-0.15, -0.1) is 0 Å². The molecule has 1 N–H and O–H groups in total. The second-order valence-electron chi connectivity index (χ2n) is 7.05. The van der Waals surface area contributed by atoms with Crippen LogP contribution in [0.15, 0.2) is 18.3 Å². The summed E-state index contributed by atoms with van der Waals surface area (Å²) >= 11 is 0. The minimum atomic E-state index is -0.837. The average molecular weight is 373 g/mol. The highest BCUT2D eigenvalue weighted by atomic mass is 16.5. The van der Waals surface area contributed by atoms with Gasteiger partial charge in [0.15, 0.2) is 0 Å². The number of piperazine rings is 1. The topological polar surface area (TPSA) is 92.9 Å². The van der Waals surface area contributed by atoms with Gasteiger partial charge in [-0.2, -0.15) is 5.26 Å². The number of nitrogens with zero attached hydrogens (tertiary/aromatic N) is 5. The number of hydrogen-bond acceptors (Lipinski definition) is 6. The third kappa shape index (κ3) is 5.31. The molecule has 0 aliphatic carbocycles. The van der Waals surface area contributed by atoms with Crippen LogP contribution < -0.4 is 4.90 Å². The molecule has 8 heteroatoms. The zero-order chi connectivity index (χ0) is 19.1. The Hall–Kier alpha value is -2.37. The molecule has 0 spiro atoms. The molecule has 2 fully saturated rings. The van der Waals surface area contributed by atoms with Crippen molar-refractivity contribution >= 4 is 11.9 Å². The molecule has 2 aliphatic heterocycles. The van der Waals surface area contributed by atoms with Crippen LogP contribution in [-0.4, -0.2) is 84.5 Å². The van der Waals surface area contributed by atoms with E-state index in [1.54, 1.807) is 6.20 Å². The number of amides is 1. The molecular weight excluding hydrogens is 346 g/mol. The Bertz CT molecular complexity index is 652. The first kappa shape index (κ1) is 19.4. The molecule has 0 bridgehead atoms. The number of carboxylic acid groups (broad SMARTS) is 1. The Morgan fingerprint density at radius 2 is 2.11 bits per heavy atom. The molecule has 1 aromatic rings. The predicted octanol–water partition coefficient (Wildman–Crippen LogP) is 1.62. The lowest BCUT2D eigenvalue weighted by atomic mass is 10.2. The first-order valence-electron chi connectivity index (χ1n) is 9.58. The number of likely N-dealkylation sites (tertiary alicyclic amines) is 1. The van der Waals surface area contributed by atoms with E-state index in [2.05, 4.69) is 20.9 Å². The molecule has 0 aromatic carbocycles. The molecule has 1 unspecified atom stereocenters. The summed E-state index contributed by atoms with van der Waals surface area (Å²) in [7, 11) is 0. The summed E-state index contributed by atoms with van der Waals surface area (Å²) < 4.78 is 5.72. The van der Waals surface area contributed by atoms with Crippen molar-refractivity contribution in [1.82, 2.24) is 14.8 Å². The van der Waals surface area contributed by atoms with Crippen molar-refractivity contribution in [1.29, 1.82) is 5.26 Å². The molecule has 2 aliphatic rings. The van der Waals surface area contributed by atoms with Crippen LogP contribution in [0.1, 0.15) is 24.8 Å². The molecular formula is C19H27N5O3. The van der Waals surface area contributed by atoms with E-state index in [1.165, 1.54) is 4.90 Å². The molecule has 3 heterocycles. The minimum absolute atomic E-state index is 0.0194. The molecule has 2 saturated heterocycles. The second-order valence-corrected chi connectivity index (χ2v) is 7.05. The lowest BCUT2D eigenvalue weighted by Crippen LogP contribution is -2.47. The van der Waals surface area contributed by atoms with E-state index in [-0.39, 0.29) is 6.04 Å². The van der Waals surface area contributed by atoms with E-state index >= 15 is 0 Å². The number of rotatable bonds is 7.